The Morgan fingerprint density at radius 1 is 0.952 bits per heavy atom. The van der Waals surface area contributed by atoms with Crippen molar-refractivity contribution in [3.05, 3.63) is 115 Å². The highest BCUT2D eigenvalue weighted by Gasteiger charge is 2.45. The van der Waals surface area contributed by atoms with E-state index in [0.29, 0.717) is 59.5 Å². The number of aromatic hydroxyl groups is 1. The lowest BCUT2D eigenvalue weighted by Gasteiger charge is -2.40. The predicted molar refractivity (Wildman–Crippen MR) is 250 cm³/mol. The Bertz CT molecular complexity index is 2250. The minimum absolute atomic E-state index is 0.0198. The van der Waals surface area contributed by atoms with Crippen LogP contribution in [0.15, 0.2) is 88.4 Å². The Labute approximate surface area is 373 Å². The number of thiophene rings is 2. The van der Waals surface area contributed by atoms with E-state index in [2.05, 4.69) is 61.3 Å². The number of rotatable bonds is 19. The molecule has 0 saturated heterocycles. The van der Waals surface area contributed by atoms with Gasteiger partial charge in [-0.05, 0) is 122 Å². The molecule has 1 aliphatic carbocycles. The number of carbonyl (C=O) groups is 2. The normalized spacial score (nSPS) is 17.2. The molecular formula is C47H62N4O8S2Si. The number of esters is 1. The van der Waals surface area contributed by atoms with Gasteiger partial charge >= 0.3 is 5.97 Å². The number of hydrogen-bond acceptors (Lipinski definition) is 12. The number of phenols is 1. The zero-order valence-corrected chi connectivity index (χ0v) is 39.5. The number of hydrogen-bond donors (Lipinski definition) is 5. The van der Waals surface area contributed by atoms with E-state index in [4.69, 9.17) is 13.9 Å². The van der Waals surface area contributed by atoms with E-state index < -0.39 is 19.9 Å². The van der Waals surface area contributed by atoms with Crippen molar-refractivity contribution in [2.75, 3.05) is 33.3 Å². The fourth-order valence-electron chi connectivity index (χ4n) is 7.63. The third-order valence-corrected chi connectivity index (χ3v) is 18.8. The Balaban J connectivity index is 0.916. The highest BCUT2D eigenvalue weighted by molar-refractivity contribution is 7.12. The van der Waals surface area contributed by atoms with Gasteiger partial charge in [0.15, 0.2) is 14.9 Å². The van der Waals surface area contributed by atoms with Gasteiger partial charge in [0.25, 0.3) is 5.91 Å². The molecule has 3 aromatic heterocycles. The monoisotopic (exact) mass is 902 g/mol. The summed E-state index contributed by atoms with van der Waals surface area (Å²) in [5.74, 6) is -0.180. The van der Waals surface area contributed by atoms with Gasteiger partial charge in [-0.3, -0.25) is 9.59 Å². The maximum Gasteiger partial charge on any atom is 0.349 e. The quantitative estimate of drug-likeness (QED) is 0.0408. The van der Waals surface area contributed by atoms with E-state index in [1.807, 2.05) is 60.3 Å². The summed E-state index contributed by atoms with van der Waals surface area (Å²) in [5, 5.41) is 33.2. The number of amides is 1. The topological polar surface area (TPSA) is 162 Å². The maximum atomic E-state index is 13.4. The van der Waals surface area contributed by atoms with Crippen LogP contribution >= 0.6 is 22.7 Å². The fraction of sp³-hybridized carbons (Fsp3) is 0.468. The Morgan fingerprint density at radius 3 is 2.23 bits per heavy atom. The van der Waals surface area contributed by atoms with E-state index in [1.165, 1.54) is 28.7 Å². The molecule has 3 heterocycles. The molecule has 0 radical (unpaired) electrons. The van der Waals surface area contributed by atoms with Gasteiger partial charge in [-0.1, -0.05) is 51.1 Å². The molecule has 6 rings (SSSR count). The van der Waals surface area contributed by atoms with E-state index >= 15 is 0 Å². The third-order valence-electron chi connectivity index (χ3n) is 12.4. The first-order valence-electron chi connectivity index (χ1n) is 21.4. The number of benzene rings is 2. The second-order valence-corrected chi connectivity index (χ2v) is 24.6. The summed E-state index contributed by atoms with van der Waals surface area (Å²) in [6.07, 6.45) is 3.29. The van der Waals surface area contributed by atoms with Crippen LogP contribution < -0.4 is 20.9 Å². The molecule has 1 aliphatic rings. The zero-order chi connectivity index (χ0) is 44.7. The molecule has 1 fully saturated rings. The lowest BCUT2D eigenvalue weighted by molar-refractivity contribution is -0.169. The maximum absolute atomic E-state index is 13.4. The molecule has 2 aromatic carbocycles. The van der Waals surface area contributed by atoms with E-state index in [9.17, 15) is 24.6 Å². The number of phenolic OH excluding ortho intramolecular Hbond substituents is 1. The molecule has 62 heavy (non-hydrogen) atoms. The summed E-state index contributed by atoms with van der Waals surface area (Å²) >= 11 is 2.67. The summed E-state index contributed by atoms with van der Waals surface area (Å²) in [4.78, 5) is 44.3. The van der Waals surface area contributed by atoms with Gasteiger partial charge in [0.1, 0.15) is 17.6 Å². The van der Waals surface area contributed by atoms with Crippen LogP contribution in [-0.4, -0.2) is 91.8 Å². The molecule has 0 aliphatic heterocycles. The molecule has 2 atom stereocenters. The van der Waals surface area contributed by atoms with Crippen molar-refractivity contribution < 1.29 is 33.7 Å². The molecular weight excluding hydrogens is 841 g/mol. The number of carbonyl (C=O) groups excluding carboxylic acids is 2. The molecule has 12 nitrogen and oxygen atoms in total. The first-order valence-corrected chi connectivity index (χ1v) is 26.1. The van der Waals surface area contributed by atoms with E-state index in [0.717, 1.165) is 35.8 Å². The van der Waals surface area contributed by atoms with Crippen LogP contribution in [0, 0.1) is 0 Å². The van der Waals surface area contributed by atoms with E-state index in [-0.39, 0.29) is 47.1 Å². The van der Waals surface area contributed by atoms with Crippen LogP contribution in [0.25, 0.3) is 10.9 Å². The van der Waals surface area contributed by atoms with E-state index in [1.54, 1.807) is 24.3 Å². The number of fused-ring (bicyclic) bond motifs is 1. The van der Waals surface area contributed by atoms with Crippen molar-refractivity contribution in [1.29, 1.82) is 0 Å². The molecule has 1 amide bonds. The van der Waals surface area contributed by atoms with Crippen LogP contribution in [0.4, 0.5) is 0 Å². The number of pyridine rings is 1. The van der Waals surface area contributed by atoms with Crippen molar-refractivity contribution in [3.63, 3.8) is 0 Å². The van der Waals surface area contributed by atoms with Crippen molar-refractivity contribution in [2.45, 2.75) is 108 Å². The second-order valence-electron chi connectivity index (χ2n) is 17.9. The molecule has 0 spiro atoms. The predicted octanol–water partition coefficient (Wildman–Crippen LogP) is 7.86. The second kappa shape index (κ2) is 20.4. The Hall–Kier alpha value is -4.35. The summed E-state index contributed by atoms with van der Waals surface area (Å²) < 4.78 is 18.7. The summed E-state index contributed by atoms with van der Waals surface area (Å²) in [7, 11) is -0.164. The number of aromatic amines is 1. The summed E-state index contributed by atoms with van der Waals surface area (Å²) in [6, 6.07) is 22.1. The molecule has 1 unspecified atom stereocenters. The lowest BCUT2D eigenvalue weighted by Crippen LogP contribution is -2.44. The first kappa shape index (κ1) is 47.1. The van der Waals surface area contributed by atoms with Gasteiger partial charge in [-0.2, -0.15) is 0 Å². The molecule has 5 aromatic rings. The van der Waals surface area contributed by atoms with Crippen LogP contribution in [0.5, 0.6) is 11.5 Å². The molecule has 5 N–H and O–H groups in total. The SMILES string of the molecule is CC(Cc1ccc(OCC(=O)NCCN(C)C2CCC(OC(=O)C(O)(c3cccs3)c3cccs3)CC2)cc1)NC[C@H](O[Si](C)(C)C(C)(C)C)c1ccc(O)c2[nH]c(=O)ccc12. The Morgan fingerprint density at radius 2 is 1.61 bits per heavy atom. The average Bonchev–Trinajstić information content (AvgIpc) is 3.99. The van der Waals surface area contributed by atoms with Gasteiger partial charge in [-0.25, -0.2) is 4.79 Å². The highest BCUT2D eigenvalue weighted by atomic mass is 32.1. The minimum Gasteiger partial charge on any atom is -0.506 e. The fourth-order valence-corrected chi connectivity index (χ4v) is 10.6. The standard InChI is InChI=1S/C47H62N4O8S2Si/c1-31(49-29-39(59-62(6,7)46(2,3)4)36-20-22-38(52)44-37(36)21-23-42(53)50-44)28-32-12-16-34(17-13-32)57-30-43(54)48-24-25-51(5)33-14-18-35(19-15-33)58-45(55)47(56,40-10-8-26-60-40)41-11-9-27-61-41/h8-13,16-17,20-23,26-27,31,33,35,39,49,52,56H,14-15,18-19,24-25,28-30H2,1-7H3,(H,48,54)(H,50,53)/t31?,33?,35?,39-/m0/s1. The zero-order valence-electron chi connectivity index (χ0n) is 36.9. The van der Waals surface area contributed by atoms with Gasteiger partial charge < -0.3 is 44.6 Å². The van der Waals surface area contributed by atoms with Gasteiger partial charge in [0.2, 0.25) is 11.2 Å². The summed E-state index contributed by atoms with van der Waals surface area (Å²) in [6.45, 7) is 14.8. The number of nitrogens with one attached hydrogen (secondary N) is 3. The number of ether oxygens (including phenoxy) is 2. The molecule has 334 valence electrons. The van der Waals surface area contributed by atoms with Gasteiger partial charge in [-0.15, -0.1) is 22.7 Å². The highest BCUT2D eigenvalue weighted by Crippen LogP contribution is 2.42. The lowest BCUT2D eigenvalue weighted by atomic mass is 9.91. The number of H-pyrrole nitrogens is 1. The first-order chi connectivity index (χ1) is 29.4. The minimum atomic E-state index is -2.21. The molecule has 1 saturated carbocycles. The van der Waals surface area contributed by atoms with Crippen molar-refractivity contribution >= 4 is 53.8 Å². The third kappa shape index (κ3) is 11.6. The smallest absolute Gasteiger partial charge is 0.349 e. The van der Waals surface area contributed by atoms with Gasteiger partial charge in [0.05, 0.1) is 21.4 Å². The van der Waals surface area contributed by atoms with Crippen LogP contribution in [0.3, 0.4) is 0 Å². The van der Waals surface area contributed by atoms with Crippen LogP contribution in [0.2, 0.25) is 18.1 Å². The van der Waals surface area contributed by atoms with Crippen molar-refractivity contribution in [2.24, 2.45) is 0 Å². The number of likely N-dealkylation sites (N-methyl/N-ethyl adjacent to an activating group) is 1. The average molecular weight is 903 g/mol. The number of aromatic nitrogens is 1. The largest absolute Gasteiger partial charge is 0.506 e. The molecule has 15 heteroatoms. The molecule has 0 bridgehead atoms. The number of aliphatic hydroxyl groups is 1. The Kier molecular flexibility index (Phi) is 15.5. The van der Waals surface area contributed by atoms with Crippen molar-refractivity contribution in [1.82, 2.24) is 20.5 Å². The van der Waals surface area contributed by atoms with Crippen LogP contribution in [-0.2, 0) is 30.8 Å². The van der Waals surface area contributed by atoms with Crippen LogP contribution in [0.1, 0.15) is 80.4 Å². The summed E-state index contributed by atoms with van der Waals surface area (Å²) in [5.41, 5.74) is 0.355. The van der Waals surface area contributed by atoms with Crippen molar-refractivity contribution in [3.8, 4) is 11.5 Å². The van der Waals surface area contributed by atoms with Gasteiger partial charge in [0, 0.05) is 43.2 Å². The number of nitrogens with zero attached hydrogens (tertiary/aromatic N) is 1.